The highest BCUT2D eigenvalue weighted by Gasteiger charge is 2.40. The van der Waals surface area contributed by atoms with Gasteiger partial charge in [-0.3, -0.25) is 10.1 Å². The van der Waals surface area contributed by atoms with Crippen LogP contribution in [-0.2, 0) is 4.79 Å². The lowest BCUT2D eigenvalue weighted by atomic mass is 10.0. The Morgan fingerprint density at radius 3 is 2.67 bits per heavy atom. The van der Waals surface area contributed by atoms with E-state index in [4.69, 9.17) is 0 Å². The molecule has 1 aromatic rings. The average molecular weight is 306 g/mol. The Labute approximate surface area is 132 Å². The van der Waals surface area contributed by atoms with Gasteiger partial charge in [0.15, 0.2) is 0 Å². The molecule has 1 aliphatic rings. The Kier molecular flexibility index (Phi) is 5.33. The van der Waals surface area contributed by atoms with Crippen molar-refractivity contribution in [3.8, 4) is 0 Å². The summed E-state index contributed by atoms with van der Waals surface area (Å²) < 4.78 is 0. The minimum atomic E-state index is -0.105. The molecule has 3 atom stereocenters. The van der Waals surface area contributed by atoms with E-state index in [1.165, 1.54) is 16.7 Å². The zero-order valence-corrected chi connectivity index (χ0v) is 14.5. The van der Waals surface area contributed by atoms with Crippen molar-refractivity contribution in [3.63, 3.8) is 0 Å². The van der Waals surface area contributed by atoms with Crippen LogP contribution in [0, 0.1) is 13.8 Å². The summed E-state index contributed by atoms with van der Waals surface area (Å²) in [5.74, 6) is 1.21. The van der Waals surface area contributed by atoms with Crippen LogP contribution in [0.1, 0.15) is 43.1 Å². The minimum absolute atomic E-state index is 0.00481. The summed E-state index contributed by atoms with van der Waals surface area (Å²) in [6, 6.07) is 6.66. The lowest BCUT2D eigenvalue weighted by Gasteiger charge is -2.33. The van der Waals surface area contributed by atoms with E-state index in [0.717, 1.165) is 12.2 Å². The number of aryl methyl sites for hydroxylation is 2. The summed E-state index contributed by atoms with van der Waals surface area (Å²) in [4.78, 5) is 14.7. The second kappa shape index (κ2) is 6.84. The van der Waals surface area contributed by atoms with E-state index in [9.17, 15) is 4.79 Å². The molecule has 1 N–H and O–H groups in total. The van der Waals surface area contributed by atoms with Crippen LogP contribution in [0.4, 0.5) is 0 Å². The summed E-state index contributed by atoms with van der Waals surface area (Å²) in [7, 11) is 0. The van der Waals surface area contributed by atoms with E-state index >= 15 is 0 Å². The number of carbonyl (C=O) groups is 1. The number of thioether (sulfide) groups is 1. The van der Waals surface area contributed by atoms with Gasteiger partial charge in [-0.1, -0.05) is 30.7 Å². The molecule has 1 heterocycles. The Balaban J connectivity index is 2.37. The Morgan fingerprint density at radius 2 is 2.10 bits per heavy atom. The van der Waals surface area contributed by atoms with E-state index in [1.54, 1.807) is 11.8 Å². The number of rotatable bonds is 5. The summed E-state index contributed by atoms with van der Waals surface area (Å²) in [6.07, 6.45) is 3.10. The van der Waals surface area contributed by atoms with Gasteiger partial charge in [-0.25, -0.2) is 0 Å². The second-order valence-corrected chi connectivity index (χ2v) is 6.82. The van der Waals surface area contributed by atoms with Gasteiger partial charge in [0, 0.05) is 11.8 Å². The number of nitrogens with zero attached hydrogens (tertiary/aromatic N) is 1. The highest BCUT2D eigenvalue weighted by molar-refractivity contribution is 7.98. The van der Waals surface area contributed by atoms with Gasteiger partial charge in [0.25, 0.3) is 0 Å². The molecule has 2 rings (SSSR count). The maximum atomic E-state index is 12.6. The number of amides is 1. The summed E-state index contributed by atoms with van der Waals surface area (Å²) in [6.45, 7) is 8.36. The molecular formula is C17H26N2OS. The zero-order valence-electron chi connectivity index (χ0n) is 13.6. The first-order chi connectivity index (χ1) is 9.99. The summed E-state index contributed by atoms with van der Waals surface area (Å²) >= 11 is 1.81. The third kappa shape index (κ3) is 3.27. The second-order valence-electron chi connectivity index (χ2n) is 5.91. The van der Waals surface area contributed by atoms with E-state index in [0.29, 0.717) is 0 Å². The molecule has 0 aromatic heterocycles. The fourth-order valence-electron chi connectivity index (χ4n) is 3.09. The van der Waals surface area contributed by atoms with Gasteiger partial charge in [-0.15, -0.1) is 0 Å². The largest absolute Gasteiger partial charge is 0.318 e. The van der Waals surface area contributed by atoms with Crippen LogP contribution < -0.4 is 5.32 Å². The number of carbonyl (C=O) groups excluding carboxylic acids is 1. The normalized spacial score (nSPS) is 23.7. The van der Waals surface area contributed by atoms with Crippen LogP contribution in [0.3, 0.4) is 0 Å². The minimum Gasteiger partial charge on any atom is -0.318 e. The topological polar surface area (TPSA) is 32.3 Å². The first-order valence-corrected chi connectivity index (χ1v) is 9.03. The molecule has 1 aromatic carbocycles. The summed E-state index contributed by atoms with van der Waals surface area (Å²) in [5.41, 5.74) is 3.73. The third-order valence-corrected chi connectivity index (χ3v) is 4.97. The Hall–Kier alpha value is -1.00. The van der Waals surface area contributed by atoms with Crippen LogP contribution in [0.15, 0.2) is 18.2 Å². The van der Waals surface area contributed by atoms with Gasteiger partial charge in [0.05, 0.1) is 6.04 Å². The van der Waals surface area contributed by atoms with E-state index in [1.807, 2.05) is 6.92 Å². The lowest BCUT2D eigenvalue weighted by molar-refractivity contribution is -0.131. The standard InChI is InChI=1S/C17H26N2OS/c1-6-14(10-21-5)19-16(18-13(4)17(19)20)15-8-7-11(2)9-12(15)3/h7-9,13-14,16,18H,6,10H2,1-5H3. The molecule has 0 saturated carbocycles. The van der Waals surface area contributed by atoms with Gasteiger partial charge in [0.2, 0.25) is 5.91 Å². The van der Waals surface area contributed by atoms with E-state index in [2.05, 4.69) is 55.4 Å². The average Bonchev–Trinajstić information content (AvgIpc) is 2.72. The molecule has 4 heteroatoms. The van der Waals surface area contributed by atoms with E-state index < -0.39 is 0 Å². The molecule has 0 bridgehead atoms. The predicted molar refractivity (Wildman–Crippen MR) is 90.6 cm³/mol. The van der Waals surface area contributed by atoms with Gasteiger partial charge >= 0.3 is 0 Å². The summed E-state index contributed by atoms with van der Waals surface area (Å²) in [5, 5.41) is 3.47. The molecule has 0 spiro atoms. The molecule has 3 unspecified atom stereocenters. The number of hydrogen-bond acceptors (Lipinski definition) is 3. The van der Waals surface area contributed by atoms with Gasteiger partial charge in [-0.2, -0.15) is 11.8 Å². The van der Waals surface area contributed by atoms with Crippen molar-refractivity contribution in [3.05, 3.63) is 34.9 Å². The van der Waals surface area contributed by atoms with Crippen LogP contribution in [0.5, 0.6) is 0 Å². The fourth-order valence-corrected chi connectivity index (χ4v) is 3.87. The number of hydrogen-bond donors (Lipinski definition) is 1. The van der Waals surface area contributed by atoms with Crippen molar-refractivity contribution < 1.29 is 4.79 Å². The van der Waals surface area contributed by atoms with Gasteiger partial charge in [-0.05, 0) is 44.6 Å². The van der Waals surface area contributed by atoms with Crippen molar-refractivity contribution in [2.45, 2.75) is 52.4 Å². The molecule has 1 amide bonds. The molecule has 1 aliphatic heterocycles. The predicted octanol–water partition coefficient (Wildman–Crippen LogP) is 3.26. The van der Waals surface area contributed by atoms with E-state index in [-0.39, 0.29) is 24.2 Å². The number of benzene rings is 1. The maximum absolute atomic E-state index is 12.6. The maximum Gasteiger partial charge on any atom is 0.241 e. The van der Waals surface area contributed by atoms with Crippen molar-refractivity contribution >= 4 is 17.7 Å². The third-order valence-electron chi connectivity index (χ3n) is 4.25. The monoisotopic (exact) mass is 306 g/mol. The van der Waals surface area contributed by atoms with Crippen molar-refractivity contribution in [1.29, 1.82) is 0 Å². The fraction of sp³-hybridized carbons (Fsp3) is 0.588. The SMILES string of the molecule is CCC(CSC)N1C(=O)C(C)NC1c1ccc(C)cc1C. The Morgan fingerprint density at radius 1 is 1.38 bits per heavy atom. The first kappa shape index (κ1) is 16.4. The highest BCUT2D eigenvalue weighted by atomic mass is 32.2. The van der Waals surface area contributed by atoms with Gasteiger partial charge in [0.1, 0.15) is 6.17 Å². The smallest absolute Gasteiger partial charge is 0.241 e. The van der Waals surface area contributed by atoms with Crippen LogP contribution in [0.2, 0.25) is 0 Å². The highest BCUT2D eigenvalue weighted by Crippen LogP contribution is 2.31. The number of nitrogens with one attached hydrogen (secondary N) is 1. The first-order valence-electron chi connectivity index (χ1n) is 7.63. The molecule has 3 nitrogen and oxygen atoms in total. The molecule has 21 heavy (non-hydrogen) atoms. The molecule has 0 aliphatic carbocycles. The van der Waals surface area contributed by atoms with Crippen LogP contribution in [-0.4, -0.2) is 34.9 Å². The molecule has 1 saturated heterocycles. The van der Waals surface area contributed by atoms with Crippen LogP contribution in [0.25, 0.3) is 0 Å². The molecular weight excluding hydrogens is 280 g/mol. The molecule has 0 radical (unpaired) electrons. The van der Waals surface area contributed by atoms with Crippen molar-refractivity contribution in [2.75, 3.05) is 12.0 Å². The zero-order chi connectivity index (χ0) is 15.6. The van der Waals surface area contributed by atoms with Crippen molar-refractivity contribution in [1.82, 2.24) is 10.2 Å². The lowest BCUT2D eigenvalue weighted by Crippen LogP contribution is -2.41. The molecule has 1 fully saturated rings. The van der Waals surface area contributed by atoms with Gasteiger partial charge < -0.3 is 4.90 Å². The van der Waals surface area contributed by atoms with Crippen LogP contribution >= 0.6 is 11.8 Å². The quantitative estimate of drug-likeness (QED) is 0.906. The molecule has 116 valence electrons. The van der Waals surface area contributed by atoms with Crippen molar-refractivity contribution in [2.24, 2.45) is 0 Å². The Bertz CT molecular complexity index is 518.